The maximum absolute atomic E-state index is 11.8. The van der Waals surface area contributed by atoms with Crippen molar-refractivity contribution in [2.24, 2.45) is 11.8 Å². The second-order valence-electron chi connectivity index (χ2n) is 9.37. The third-order valence-corrected chi connectivity index (χ3v) is 6.61. The highest BCUT2D eigenvalue weighted by Gasteiger charge is 2.42. The van der Waals surface area contributed by atoms with Crippen LogP contribution in [0.5, 0.6) is 5.75 Å². The molecule has 1 saturated carbocycles. The first kappa shape index (κ1) is 21.9. The van der Waals surface area contributed by atoms with E-state index in [-0.39, 0.29) is 5.92 Å². The summed E-state index contributed by atoms with van der Waals surface area (Å²) < 4.78 is 5.39. The average molecular weight is 396 g/mol. The molecule has 0 saturated heterocycles. The molecule has 0 heterocycles. The van der Waals surface area contributed by atoms with Gasteiger partial charge in [-0.3, -0.25) is 0 Å². The van der Waals surface area contributed by atoms with Crippen molar-refractivity contribution < 1.29 is 9.84 Å². The molecule has 29 heavy (non-hydrogen) atoms. The summed E-state index contributed by atoms with van der Waals surface area (Å²) in [7, 11) is 5.95. The molecule has 2 aromatic carbocycles. The number of hydrogen-bond acceptors (Lipinski definition) is 3. The van der Waals surface area contributed by atoms with Crippen LogP contribution in [0.25, 0.3) is 0 Å². The summed E-state index contributed by atoms with van der Waals surface area (Å²) in [6.45, 7) is 5.22. The van der Waals surface area contributed by atoms with Crippen molar-refractivity contribution in [3.05, 3.63) is 64.7 Å². The Morgan fingerprint density at radius 1 is 1.14 bits per heavy atom. The number of aliphatic hydroxyl groups is 1. The molecule has 0 radical (unpaired) electrons. The van der Waals surface area contributed by atoms with E-state index >= 15 is 0 Å². The highest BCUT2D eigenvalue weighted by atomic mass is 16.5. The maximum atomic E-state index is 11.8. The molecule has 3 unspecified atom stereocenters. The minimum Gasteiger partial charge on any atom is -0.497 e. The Morgan fingerprint density at radius 2 is 1.93 bits per heavy atom. The van der Waals surface area contributed by atoms with E-state index in [9.17, 15) is 5.11 Å². The lowest BCUT2D eigenvalue weighted by molar-refractivity contribution is -0.0686. The number of aryl methyl sites for hydroxylation is 2. The molecule has 1 fully saturated rings. The fraction of sp³-hybridized carbons (Fsp3) is 0.538. The number of ether oxygens (including phenoxy) is 1. The van der Waals surface area contributed by atoms with Gasteiger partial charge in [0.05, 0.1) is 12.7 Å². The summed E-state index contributed by atoms with van der Waals surface area (Å²) in [4.78, 5) is 2.23. The van der Waals surface area contributed by atoms with E-state index in [4.69, 9.17) is 4.74 Å². The first-order chi connectivity index (χ1) is 13.8. The SMILES string of the molecule is COc1cccc(CC2CCC(O)(Cc3cc(C)ccc3C)C(CN(C)C)C2)c1. The van der Waals surface area contributed by atoms with Gasteiger partial charge in [0.15, 0.2) is 0 Å². The molecular formula is C26H37NO2. The largest absolute Gasteiger partial charge is 0.497 e. The zero-order valence-corrected chi connectivity index (χ0v) is 18.7. The van der Waals surface area contributed by atoms with Gasteiger partial charge in [-0.2, -0.15) is 0 Å². The standard InChI is InChI=1S/C26H37NO2/c1-19-9-10-20(2)23(13-19)17-26(28)12-11-22(15-24(26)18-27(3)4)14-21-7-6-8-25(16-21)29-5/h6-10,13,16,22,24,28H,11-12,14-15,17-18H2,1-5H3. The first-order valence-electron chi connectivity index (χ1n) is 10.9. The third kappa shape index (κ3) is 5.61. The predicted octanol–water partition coefficient (Wildman–Crippen LogP) is 4.81. The molecular weight excluding hydrogens is 358 g/mol. The van der Waals surface area contributed by atoms with Crippen LogP contribution in [0.3, 0.4) is 0 Å². The monoisotopic (exact) mass is 395 g/mol. The summed E-state index contributed by atoms with van der Waals surface area (Å²) in [5, 5.41) is 11.8. The summed E-state index contributed by atoms with van der Waals surface area (Å²) in [5.74, 6) is 1.81. The van der Waals surface area contributed by atoms with E-state index in [0.717, 1.165) is 44.4 Å². The molecule has 1 N–H and O–H groups in total. The Labute approximate surface area is 176 Å². The molecule has 158 valence electrons. The fourth-order valence-electron chi connectivity index (χ4n) is 4.95. The summed E-state index contributed by atoms with van der Waals surface area (Å²) in [6.07, 6.45) is 4.82. The van der Waals surface area contributed by atoms with Crippen LogP contribution in [0.1, 0.15) is 41.5 Å². The minimum atomic E-state index is -0.631. The van der Waals surface area contributed by atoms with Crippen LogP contribution in [0, 0.1) is 25.7 Å². The van der Waals surface area contributed by atoms with E-state index in [1.165, 1.54) is 22.3 Å². The zero-order valence-electron chi connectivity index (χ0n) is 18.7. The summed E-state index contributed by atoms with van der Waals surface area (Å²) in [6, 6.07) is 15.0. The van der Waals surface area contributed by atoms with Crippen LogP contribution in [-0.4, -0.2) is 43.4 Å². The van der Waals surface area contributed by atoms with Gasteiger partial charge < -0.3 is 14.7 Å². The van der Waals surface area contributed by atoms with Gasteiger partial charge in [-0.25, -0.2) is 0 Å². The topological polar surface area (TPSA) is 32.7 Å². The number of hydrogen-bond donors (Lipinski definition) is 1. The van der Waals surface area contributed by atoms with Gasteiger partial charge in [-0.1, -0.05) is 35.9 Å². The van der Waals surface area contributed by atoms with Crippen LogP contribution in [0.4, 0.5) is 0 Å². The molecule has 2 aromatic rings. The van der Waals surface area contributed by atoms with Gasteiger partial charge in [-0.15, -0.1) is 0 Å². The quantitative estimate of drug-likeness (QED) is 0.730. The molecule has 3 nitrogen and oxygen atoms in total. The lowest BCUT2D eigenvalue weighted by atomic mass is 9.67. The highest BCUT2D eigenvalue weighted by molar-refractivity contribution is 5.32. The Morgan fingerprint density at radius 3 is 2.66 bits per heavy atom. The molecule has 1 aliphatic carbocycles. The number of rotatable bonds is 7. The lowest BCUT2D eigenvalue weighted by Gasteiger charge is -2.45. The zero-order chi connectivity index (χ0) is 21.0. The Kier molecular flexibility index (Phi) is 7.02. The van der Waals surface area contributed by atoms with Crippen molar-refractivity contribution in [2.75, 3.05) is 27.7 Å². The fourth-order valence-corrected chi connectivity index (χ4v) is 4.95. The van der Waals surface area contributed by atoms with Crippen molar-refractivity contribution in [3.63, 3.8) is 0 Å². The van der Waals surface area contributed by atoms with Crippen molar-refractivity contribution >= 4 is 0 Å². The van der Waals surface area contributed by atoms with Gasteiger partial charge in [0.25, 0.3) is 0 Å². The van der Waals surface area contributed by atoms with Crippen LogP contribution >= 0.6 is 0 Å². The van der Waals surface area contributed by atoms with Gasteiger partial charge in [0, 0.05) is 18.9 Å². The molecule has 0 bridgehead atoms. The van der Waals surface area contributed by atoms with Crippen LogP contribution in [-0.2, 0) is 12.8 Å². The molecule has 1 aliphatic rings. The second kappa shape index (κ2) is 9.32. The van der Waals surface area contributed by atoms with Gasteiger partial charge in [0.2, 0.25) is 0 Å². The maximum Gasteiger partial charge on any atom is 0.119 e. The molecule has 0 aliphatic heterocycles. The summed E-state index contributed by atoms with van der Waals surface area (Å²) in [5.41, 5.74) is 4.55. The molecule has 0 amide bonds. The second-order valence-corrected chi connectivity index (χ2v) is 9.37. The van der Waals surface area contributed by atoms with Crippen molar-refractivity contribution in [3.8, 4) is 5.75 Å². The van der Waals surface area contributed by atoms with E-state index < -0.39 is 5.60 Å². The minimum absolute atomic E-state index is 0.279. The van der Waals surface area contributed by atoms with Crippen LogP contribution < -0.4 is 4.74 Å². The van der Waals surface area contributed by atoms with E-state index in [0.29, 0.717) is 5.92 Å². The first-order valence-corrected chi connectivity index (χ1v) is 10.9. The van der Waals surface area contributed by atoms with Crippen molar-refractivity contribution in [1.82, 2.24) is 4.90 Å². The molecule has 3 heteroatoms. The van der Waals surface area contributed by atoms with Gasteiger partial charge in [0.1, 0.15) is 5.75 Å². The Bertz CT molecular complexity index is 816. The van der Waals surface area contributed by atoms with Crippen LogP contribution in [0.2, 0.25) is 0 Å². The predicted molar refractivity (Wildman–Crippen MR) is 121 cm³/mol. The van der Waals surface area contributed by atoms with E-state index in [1.54, 1.807) is 7.11 Å². The normalized spacial score (nSPS) is 24.7. The van der Waals surface area contributed by atoms with Crippen molar-refractivity contribution in [1.29, 1.82) is 0 Å². The molecule has 3 rings (SSSR count). The summed E-state index contributed by atoms with van der Waals surface area (Å²) >= 11 is 0. The Balaban J connectivity index is 1.76. The third-order valence-electron chi connectivity index (χ3n) is 6.61. The molecule has 0 spiro atoms. The average Bonchev–Trinajstić information content (AvgIpc) is 2.67. The van der Waals surface area contributed by atoms with Gasteiger partial charge in [-0.05, 0) is 88.4 Å². The van der Waals surface area contributed by atoms with E-state index in [2.05, 4.69) is 69.2 Å². The van der Waals surface area contributed by atoms with Gasteiger partial charge >= 0.3 is 0 Å². The number of nitrogens with zero attached hydrogens (tertiary/aromatic N) is 1. The van der Waals surface area contributed by atoms with Crippen LogP contribution in [0.15, 0.2) is 42.5 Å². The lowest BCUT2D eigenvalue weighted by Crippen LogP contribution is -2.49. The highest BCUT2D eigenvalue weighted by Crippen LogP contribution is 2.41. The Hall–Kier alpha value is -1.84. The van der Waals surface area contributed by atoms with Crippen molar-refractivity contribution in [2.45, 2.75) is 51.6 Å². The number of methoxy groups -OCH3 is 1. The smallest absolute Gasteiger partial charge is 0.119 e. The molecule has 0 aromatic heterocycles. The number of benzene rings is 2. The van der Waals surface area contributed by atoms with E-state index in [1.807, 2.05) is 6.07 Å². The molecule has 3 atom stereocenters.